The van der Waals surface area contributed by atoms with E-state index in [0.717, 1.165) is 19.3 Å². The van der Waals surface area contributed by atoms with Crippen LogP contribution in [0.15, 0.2) is 0 Å². The number of likely N-dealkylation sites (N-methyl/N-ethyl adjacent to an activating group) is 1. The van der Waals surface area contributed by atoms with E-state index < -0.39 is 17.9 Å². The quantitative estimate of drug-likeness (QED) is 0.496. The van der Waals surface area contributed by atoms with E-state index in [1.165, 1.54) is 0 Å². The van der Waals surface area contributed by atoms with E-state index in [4.69, 9.17) is 5.73 Å². The maximum atomic E-state index is 12.0. The van der Waals surface area contributed by atoms with Crippen LogP contribution in [0.25, 0.3) is 0 Å². The first-order valence-corrected chi connectivity index (χ1v) is 7.41. The maximum absolute atomic E-state index is 12.0. The van der Waals surface area contributed by atoms with E-state index in [1.54, 1.807) is 7.05 Å². The number of aliphatic carboxylic acids is 1. The predicted octanol–water partition coefficient (Wildman–Crippen LogP) is -0.153. The average Bonchev–Trinajstić information content (AvgIpc) is 2.45. The summed E-state index contributed by atoms with van der Waals surface area (Å²) >= 11 is 0. The van der Waals surface area contributed by atoms with Crippen LogP contribution in [0.5, 0.6) is 0 Å². The minimum atomic E-state index is -0.784. The number of rotatable bonds is 8. The van der Waals surface area contributed by atoms with Gasteiger partial charge in [-0.05, 0) is 32.2 Å². The fraction of sp³-hybridized carbons (Fsp3) is 0.786. The molecule has 0 saturated heterocycles. The van der Waals surface area contributed by atoms with Crippen molar-refractivity contribution < 1.29 is 19.5 Å². The Morgan fingerprint density at radius 1 is 1.29 bits per heavy atom. The number of nitrogens with one attached hydrogen (secondary N) is 2. The Bertz CT molecular complexity index is 386. The van der Waals surface area contributed by atoms with Crippen molar-refractivity contribution in [1.29, 1.82) is 0 Å². The molecule has 0 radical (unpaired) electrons. The smallest absolute Gasteiger partial charge is 0.306 e. The monoisotopic (exact) mass is 299 g/mol. The van der Waals surface area contributed by atoms with E-state index in [0.29, 0.717) is 19.4 Å². The van der Waals surface area contributed by atoms with Crippen molar-refractivity contribution in [3.63, 3.8) is 0 Å². The van der Waals surface area contributed by atoms with Gasteiger partial charge in [-0.3, -0.25) is 14.4 Å². The topological polar surface area (TPSA) is 122 Å². The van der Waals surface area contributed by atoms with Gasteiger partial charge in [0.1, 0.15) is 0 Å². The van der Waals surface area contributed by atoms with Crippen molar-refractivity contribution in [3.8, 4) is 0 Å². The third-order valence-electron chi connectivity index (χ3n) is 4.11. The molecule has 0 aromatic rings. The molecule has 1 rings (SSSR count). The summed E-state index contributed by atoms with van der Waals surface area (Å²) in [5, 5.41) is 14.8. The summed E-state index contributed by atoms with van der Waals surface area (Å²) in [4.78, 5) is 34.0. The molecule has 1 aliphatic carbocycles. The molecular weight excluding hydrogens is 274 g/mol. The van der Waals surface area contributed by atoms with Crippen molar-refractivity contribution in [3.05, 3.63) is 0 Å². The lowest BCUT2D eigenvalue weighted by atomic mass is 9.79. The van der Waals surface area contributed by atoms with Crippen LogP contribution in [-0.4, -0.2) is 42.5 Å². The molecule has 0 heterocycles. The largest absolute Gasteiger partial charge is 0.481 e. The molecule has 5 N–H and O–H groups in total. The predicted molar refractivity (Wildman–Crippen MR) is 77.4 cm³/mol. The van der Waals surface area contributed by atoms with E-state index in [1.807, 2.05) is 0 Å². The standard InChI is InChI=1S/C14H25N3O4/c1-16-11(6-7-12(15)18)13(19)17-8-9-4-2-3-5-10(9)14(20)21/h9-11,16H,2-8H2,1H3,(H2,15,18)(H,17,19)(H,20,21). The number of nitrogens with two attached hydrogens (primary N) is 1. The Labute approximate surface area is 124 Å². The molecule has 7 heteroatoms. The number of carboxylic acids is 1. The summed E-state index contributed by atoms with van der Waals surface area (Å²) in [5.74, 6) is -1.84. The van der Waals surface area contributed by atoms with Gasteiger partial charge in [0.25, 0.3) is 0 Å². The zero-order valence-electron chi connectivity index (χ0n) is 12.4. The highest BCUT2D eigenvalue weighted by molar-refractivity contribution is 5.83. The molecule has 0 aromatic carbocycles. The van der Waals surface area contributed by atoms with Crippen molar-refractivity contribution in [2.45, 2.75) is 44.6 Å². The molecule has 120 valence electrons. The highest BCUT2D eigenvalue weighted by Gasteiger charge is 2.31. The molecule has 3 atom stereocenters. The molecule has 0 spiro atoms. The Kier molecular flexibility index (Phi) is 7.14. The van der Waals surface area contributed by atoms with E-state index >= 15 is 0 Å². The number of hydrogen-bond donors (Lipinski definition) is 4. The van der Waals surface area contributed by atoms with Gasteiger partial charge in [0.05, 0.1) is 12.0 Å². The molecule has 21 heavy (non-hydrogen) atoms. The van der Waals surface area contributed by atoms with Gasteiger partial charge in [-0.1, -0.05) is 12.8 Å². The summed E-state index contributed by atoms with van der Waals surface area (Å²) < 4.78 is 0. The third-order valence-corrected chi connectivity index (χ3v) is 4.11. The van der Waals surface area contributed by atoms with Crippen LogP contribution < -0.4 is 16.4 Å². The Morgan fingerprint density at radius 3 is 2.52 bits per heavy atom. The van der Waals surface area contributed by atoms with Gasteiger partial charge in [-0.2, -0.15) is 0 Å². The zero-order valence-corrected chi connectivity index (χ0v) is 12.4. The van der Waals surface area contributed by atoms with Gasteiger partial charge in [0.2, 0.25) is 11.8 Å². The Morgan fingerprint density at radius 2 is 1.95 bits per heavy atom. The second-order valence-electron chi connectivity index (χ2n) is 5.58. The van der Waals surface area contributed by atoms with Gasteiger partial charge in [-0.15, -0.1) is 0 Å². The lowest BCUT2D eigenvalue weighted by Gasteiger charge is -2.29. The lowest BCUT2D eigenvalue weighted by molar-refractivity contribution is -0.145. The second kappa shape index (κ2) is 8.61. The minimum absolute atomic E-state index is 0.0196. The van der Waals surface area contributed by atoms with Gasteiger partial charge < -0.3 is 21.5 Å². The first kappa shape index (κ1) is 17.4. The number of carboxylic acid groups (broad SMARTS) is 1. The lowest BCUT2D eigenvalue weighted by Crippen LogP contribution is -2.46. The van der Waals surface area contributed by atoms with Gasteiger partial charge in [-0.25, -0.2) is 0 Å². The third kappa shape index (κ3) is 5.71. The molecule has 1 aliphatic rings. The van der Waals surface area contributed by atoms with Crippen LogP contribution in [0.2, 0.25) is 0 Å². The average molecular weight is 299 g/mol. The molecular formula is C14H25N3O4. The SMILES string of the molecule is CNC(CCC(N)=O)C(=O)NCC1CCCCC1C(=O)O. The first-order valence-electron chi connectivity index (χ1n) is 7.41. The molecule has 1 fully saturated rings. The summed E-state index contributed by atoms with van der Waals surface area (Å²) in [6, 6.07) is -0.482. The van der Waals surface area contributed by atoms with Crippen LogP contribution in [-0.2, 0) is 14.4 Å². The molecule has 2 amide bonds. The van der Waals surface area contributed by atoms with E-state index in [9.17, 15) is 19.5 Å². The van der Waals surface area contributed by atoms with Crippen molar-refractivity contribution in [2.75, 3.05) is 13.6 Å². The van der Waals surface area contributed by atoms with Crippen molar-refractivity contribution >= 4 is 17.8 Å². The molecule has 0 aromatic heterocycles. The van der Waals surface area contributed by atoms with E-state index in [-0.39, 0.29) is 24.2 Å². The van der Waals surface area contributed by atoms with Crippen LogP contribution >= 0.6 is 0 Å². The number of carbonyl (C=O) groups excluding carboxylic acids is 2. The van der Waals surface area contributed by atoms with Crippen LogP contribution in [0, 0.1) is 11.8 Å². The van der Waals surface area contributed by atoms with Crippen LogP contribution in [0.3, 0.4) is 0 Å². The summed E-state index contributed by atoms with van der Waals surface area (Å²) in [6.07, 6.45) is 3.90. The minimum Gasteiger partial charge on any atom is -0.481 e. The Hall–Kier alpha value is -1.63. The molecule has 7 nitrogen and oxygen atoms in total. The zero-order chi connectivity index (χ0) is 15.8. The van der Waals surface area contributed by atoms with Crippen molar-refractivity contribution in [2.24, 2.45) is 17.6 Å². The molecule has 1 saturated carbocycles. The van der Waals surface area contributed by atoms with Crippen LogP contribution in [0.1, 0.15) is 38.5 Å². The second-order valence-corrected chi connectivity index (χ2v) is 5.58. The summed E-state index contributed by atoms with van der Waals surface area (Å²) in [6.45, 7) is 0.366. The van der Waals surface area contributed by atoms with Gasteiger partial charge in [0, 0.05) is 13.0 Å². The fourth-order valence-corrected chi connectivity index (χ4v) is 2.83. The van der Waals surface area contributed by atoms with Crippen LogP contribution in [0.4, 0.5) is 0 Å². The van der Waals surface area contributed by atoms with Gasteiger partial charge in [0.15, 0.2) is 0 Å². The van der Waals surface area contributed by atoms with Crippen molar-refractivity contribution in [1.82, 2.24) is 10.6 Å². The number of amides is 2. The normalized spacial score (nSPS) is 23.3. The number of primary amides is 1. The number of carbonyl (C=O) groups is 3. The Balaban J connectivity index is 2.45. The van der Waals surface area contributed by atoms with E-state index in [2.05, 4.69) is 10.6 Å². The molecule has 3 unspecified atom stereocenters. The maximum Gasteiger partial charge on any atom is 0.306 e. The van der Waals surface area contributed by atoms with Gasteiger partial charge >= 0.3 is 5.97 Å². The number of hydrogen-bond acceptors (Lipinski definition) is 4. The fourth-order valence-electron chi connectivity index (χ4n) is 2.83. The first-order chi connectivity index (χ1) is 9.95. The highest BCUT2D eigenvalue weighted by atomic mass is 16.4. The molecule has 0 aliphatic heterocycles. The summed E-state index contributed by atoms with van der Waals surface area (Å²) in [5.41, 5.74) is 5.07. The molecule has 0 bridgehead atoms. The highest BCUT2D eigenvalue weighted by Crippen LogP contribution is 2.29. The summed E-state index contributed by atoms with van der Waals surface area (Å²) in [7, 11) is 1.64.